The molecule has 1 heterocycles. The van der Waals surface area contributed by atoms with Crippen LogP contribution in [-0.4, -0.2) is 104 Å². The van der Waals surface area contributed by atoms with E-state index in [1.807, 2.05) is 0 Å². The minimum atomic E-state index is -5.55. The lowest BCUT2D eigenvalue weighted by molar-refractivity contribution is -0.281. The van der Waals surface area contributed by atoms with E-state index in [2.05, 4.69) is 0 Å². The van der Waals surface area contributed by atoms with Crippen molar-refractivity contribution in [1.29, 1.82) is 0 Å². The van der Waals surface area contributed by atoms with Crippen LogP contribution in [0.25, 0.3) is 5.57 Å². The number of methoxy groups -OCH3 is 4. The Kier molecular flexibility index (Phi) is 17.0. The molecule has 78 heavy (non-hydrogen) atoms. The van der Waals surface area contributed by atoms with Gasteiger partial charge in [0.2, 0.25) is 11.4 Å². The molecule has 0 radical (unpaired) electrons. The third kappa shape index (κ3) is 10.8. The maximum atomic E-state index is 15.1. The van der Waals surface area contributed by atoms with Crippen LogP contribution >= 0.6 is 0 Å². The molecule has 6 rings (SSSR count). The second-order valence-electron chi connectivity index (χ2n) is 17.9. The summed E-state index contributed by atoms with van der Waals surface area (Å²) in [5, 5.41) is 22.7. The molecule has 24 heteroatoms. The molecule has 0 saturated carbocycles. The van der Waals surface area contributed by atoms with Crippen LogP contribution < -0.4 is 9.47 Å². The van der Waals surface area contributed by atoms with Crippen LogP contribution in [0.5, 0.6) is 11.5 Å². The number of hydrogen-bond donors (Lipinski definition) is 2. The fraction of sp³-hybridized carbons (Fsp3) is 0.315. The SMILES string of the molecule is COC(=O)[C@]1(Cc2ccc(OC(=O)[C@@](OC)(c3ccccc3)C(F)(F)F)c(C[C@H](OC(=O)[C@@](OC)(c3ccccc3)C(F)(F)F)C(C)(C)O)c2)OC(=O)C(O)=C1c1ccc(OC(=O)[C@@](OC)(c2ccccc2)C(F)(F)F)cc1. The molecular formula is C54H47F9O15. The molecule has 0 bridgehead atoms. The zero-order valence-electron chi connectivity index (χ0n) is 41.8. The van der Waals surface area contributed by atoms with E-state index in [0.29, 0.717) is 21.3 Å². The molecule has 416 valence electrons. The molecule has 0 fully saturated rings. The van der Waals surface area contributed by atoms with Gasteiger partial charge < -0.3 is 48.1 Å². The van der Waals surface area contributed by atoms with E-state index in [1.54, 1.807) is 0 Å². The second-order valence-corrected chi connectivity index (χ2v) is 17.9. The molecule has 5 atom stereocenters. The van der Waals surface area contributed by atoms with Gasteiger partial charge in [-0.15, -0.1) is 0 Å². The monoisotopic (exact) mass is 1110 g/mol. The molecule has 0 amide bonds. The van der Waals surface area contributed by atoms with Crippen LogP contribution in [0.4, 0.5) is 39.5 Å². The van der Waals surface area contributed by atoms with Crippen molar-refractivity contribution >= 4 is 35.4 Å². The summed E-state index contributed by atoms with van der Waals surface area (Å²) in [5.74, 6) is -11.7. The fourth-order valence-corrected chi connectivity index (χ4v) is 8.76. The van der Waals surface area contributed by atoms with Gasteiger partial charge in [0.15, 0.2) is 0 Å². The van der Waals surface area contributed by atoms with Gasteiger partial charge in [0.1, 0.15) is 17.6 Å². The van der Waals surface area contributed by atoms with Crippen LogP contribution in [-0.2, 0) is 82.0 Å². The highest BCUT2D eigenvalue weighted by Crippen LogP contribution is 2.48. The van der Waals surface area contributed by atoms with E-state index in [1.165, 1.54) is 30.3 Å². The third-order valence-corrected chi connectivity index (χ3v) is 12.7. The summed E-state index contributed by atoms with van der Waals surface area (Å²) in [5.41, 5.74) is -20.3. The zero-order valence-corrected chi connectivity index (χ0v) is 41.8. The lowest BCUT2D eigenvalue weighted by Crippen LogP contribution is -2.54. The highest BCUT2D eigenvalue weighted by Gasteiger charge is 2.67. The minimum Gasteiger partial charge on any atom is -0.502 e. The Labute approximate surface area is 438 Å². The van der Waals surface area contributed by atoms with Crippen LogP contribution in [0.15, 0.2) is 139 Å². The van der Waals surface area contributed by atoms with Crippen molar-refractivity contribution in [1.82, 2.24) is 0 Å². The van der Waals surface area contributed by atoms with Crippen molar-refractivity contribution in [2.45, 2.75) is 79.3 Å². The molecule has 1 aliphatic heterocycles. The first-order valence-corrected chi connectivity index (χ1v) is 22.8. The first-order valence-electron chi connectivity index (χ1n) is 22.8. The van der Waals surface area contributed by atoms with Gasteiger partial charge in [-0.05, 0) is 48.7 Å². The summed E-state index contributed by atoms with van der Waals surface area (Å²) >= 11 is 0. The van der Waals surface area contributed by atoms with Gasteiger partial charge in [-0.25, -0.2) is 24.0 Å². The number of rotatable bonds is 19. The van der Waals surface area contributed by atoms with Crippen molar-refractivity contribution in [3.8, 4) is 11.5 Å². The topological polar surface area (TPSA) is 200 Å². The number of benzene rings is 5. The van der Waals surface area contributed by atoms with E-state index in [9.17, 15) is 47.4 Å². The molecule has 15 nitrogen and oxygen atoms in total. The van der Waals surface area contributed by atoms with Crippen molar-refractivity contribution in [3.05, 3.63) is 173 Å². The van der Waals surface area contributed by atoms with Crippen molar-refractivity contribution in [2.75, 3.05) is 28.4 Å². The van der Waals surface area contributed by atoms with Gasteiger partial charge in [0.05, 0.1) is 18.3 Å². The number of aliphatic hydroxyl groups is 2. The first kappa shape index (κ1) is 59.4. The molecule has 1 aliphatic rings. The lowest BCUT2D eigenvalue weighted by atomic mass is 9.82. The van der Waals surface area contributed by atoms with E-state index < -0.39 is 140 Å². The number of hydrogen-bond acceptors (Lipinski definition) is 15. The van der Waals surface area contributed by atoms with Gasteiger partial charge in [-0.2, -0.15) is 39.5 Å². The summed E-state index contributed by atoms with van der Waals surface area (Å²) < 4.78 is 175. The summed E-state index contributed by atoms with van der Waals surface area (Å²) in [7, 11) is 2.59. The molecule has 0 aliphatic carbocycles. The minimum absolute atomic E-state index is 0.228. The number of aliphatic hydroxyl groups excluding tert-OH is 1. The number of cyclic esters (lactones) is 1. The number of halogens is 9. The van der Waals surface area contributed by atoms with Crippen LogP contribution in [0.1, 0.15) is 47.2 Å². The van der Waals surface area contributed by atoms with Crippen LogP contribution in [0.3, 0.4) is 0 Å². The fourth-order valence-electron chi connectivity index (χ4n) is 8.76. The average molecular weight is 1110 g/mol. The Morgan fingerprint density at radius 1 is 0.590 bits per heavy atom. The molecule has 0 unspecified atom stereocenters. The Morgan fingerprint density at radius 2 is 1.01 bits per heavy atom. The predicted molar refractivity (Wildman–Crippen MR) is 252 cm³/mol. The van der Waals surface area contributed by atoms with Gasteiger partial charge >= 0.3 is 48.4 Å². The smallest absolute Gasteiger partial charge is 0.432 e. The quantitative estimate of drug-likeness (QED) is 0.0343. The molecule has 5 aromatic rings. The summed E-state index contributed by atoms with van der Waals surface area (Å²) in [6, 6.07) is 23.4. The van der Waals surface area contributed by atoms with Crippen LogP contribution in [0, 0.1) is 0 Å². The van der Waals surface area contributed by atoms with E-state index in [4.69, 9.17) is 37.9 Å². The van der Waals surface area contributed by atoms with E-state index >= 15 is 26.3 Å². The first-order chi connectivity index (χ1) is 36.4. The van der Waals surface area contributed by atoms with Gasteiger partial charge in [0, 0.05) is 50.9 Å². The summed E-state index contributed by atoms with van der Waals surface area (Å²) in [6.45, 7) is 1.98. The van der Waals surface area contributed by atoms with Crippen molar-refractivity contribution in [2.24, 2.45) is 0 Å². The Hall–Kier alpha value is -7.80. The highest BCUT2D eigenvalue weighted by atomic mass is 19.4. The molecular weight excluding hydrogens is 1060 g/mol. The Morgan fingerprint density at radius 3 is 1.41 bits per heavy atom. The maximum absolute atomic E-state index is 15.1. The van der Waals surface area contributed by atoms with E-state index in [0.717, 1.165) is 124 Å². The van der Waals surface area contributed by atoms with Crippen molar-refractivity contribution < 1.29 is 112 Å². The molecule has 5 aromatic carbocycles. The lowest BCUT2D eigenvalue weighted by Gasteiger charge is -2.36. The van der Waals surface area contributed by atoms with E-state index in [-0.39, 0.29) is 11.1 Å². The highest BCUT2D eigenvalue weighted by molar-refractivity contribution is 6.11. The normalized spacial score (nSPS) is 17.9. The average Bonchev–Trinajstić information content (AvgIpc) is 3.73. The van der Waals surface area contributed by atoms with Gasteiger partial charge in [-0.1, -0.05) is 115 Å². The maximum Gasteiger partial charge on any atom is 0.432 e. The van der Waals surface area contributed by atoms with Gasteiger partial charge in [-0.3, -0.25) is 0 Å². The Bertz CT molecular complexity index is 3030. The van der Waals surface area contributed by atoms with Gasteiger partial charge in [0.25, 0.3) is 16.8 Å². The van der Waals surface area contributed by atoms with Crippen LogP contribution in [0.2, 0.25) is 0 Å². The predicted octanol–water partition coefficient (Wildman–Crippen LogP) is 9.02. The number of carbonyl (C=O) groups excluding carboxylic acids is 5. The molecule has 0 saturated heterocycles. The molecule has 0 spiro atoms. The number of esters is 5. The standard InChI is InChI=1S/C54H47F9O15/c1-47(2,70)39(77-46(69)51(74-6,54(61,62)63)36-20-14-9-15-21-36)29-33-28-31(22-27-38(33)76-45(68)50(73-5,53(58,59)60)35-18-12-8-13-19-35)30-48(43(66)71-3)40(41(64)42(65)78-48)32-23-25-37(26-24-32)75-44(67)49(72-4,52(55,56)57)34-16-10-7-11-17-34/h7-28,39,64,70H,29-30H2,1-6H3/t39-,48+,49-,50-,51-/m0/s1. The summed E-state index contributed by atoms with van der Waals surface area (Å²) in [6.07, 6.45) is -20.5. The largest absolute Gasteiger partial charge is 0.502 e. The second kappa shape index (κ2) is 22.3. The Balaban J connectivity index is 1.47. The zero-order chi connectivity index (χ0) is 57.9. The number of alkyl halides is 9. The van der Waals surface area contributed by atoms with Crippen molar-refractivity contribution in [3.63, 3.8) is 0 Å². The number of carbonyl (C=O) groups is 5. The molecule has 2 N–H and O–H groups in total. The summed E-state index contributed by atoms with van der Waals surface area (Å²) in [4.78, 5) is 68.7. The number of ether oxygens (including phenoxy) is 8. The third-order valence-electron chi connectivity index (χ3n) is 12.7. The molecule has 0 aromatic heterocycles.